The Morgan fingerprint density at radius 2 is 1.93 bits per heavy atom. The third kappa shape index (κ3) is 5.84. The van der Waals surface area contributed by atoms with E-state index < -0.39 is 11.7 Å². The quantitative estimate of drug-likeness (QED) is 0.476. The Kier molecular flexibility index (Phi) is 7.66. The minimum absolute atomic E-state index is 0.0525. The van der Waals surface area contributed by atoms with E-state index in [2.05, 4.69) is 16.9 Å². The van der Waals surface area contributed by atoms with Crippen molar-refractivity contribution in [2.75, 3.05) is 11.9 Å². The first-order valence-electron chi connectivity index (χ1n) is 9.69. The number of benzene rings is 1. The van der Waals surface area contributed by atoms with Crippen molar-refractivity contribution in [1.29, 1.82) is 0 Å². The van der Waals surface area contributed by atoms with Crippen molar-refractivity contribution in [3.8, 4) is 6.01 Å². The molecule has 1 aromatic carbocycles. The number of rotatable bonds is 9. The summed E-state index contributed by atoms with van der Waals surface area (Å²) in [6, 6.07) is 7.49. The number of hydrogen-bond donors (Lipinski definition) is 0. The number of nitrogens with zero attached hydrogens (tertiary/aromatic N) is 3. The van der Waals surface area contributed by atoms with Crippen molar-refractivity contribution in [2.45, 2.75) is 65.2 Å². The molecule has 4 nitrogen and oxygen atoms in total. The number of aromatic nitrogens is 2. The van der Waals surface area contributed by atoms with Gasteiger partial charge < -0.3 is 9.64 Å². The Morgan fingerprint density at radius 1 is 1.18 bits per heavy atom. The molecule has 1 unspecified atom stereocenters. The first kappa shape index (κ1) is 22.0. The van der Waals surface area contributed by atoms with Gasteiger partial charge >= 0.3 is 12.2 Å². The molecule has 0 radical (unpaired) electrons. The molecule has 0 saturated heterocycles. The highest BCUT2D eigenvalue weighted by molar-refractivity contribution is 5.63. The molecule has 0 N–H and O–H groups in total. The number of aryl methyl sites for hydroxylation is 1. The predicted octanol–water partition coefficient (Wildman–Crippen LogP) is 6.17. The van der Waals surface area contributed by atoms with Crippen LogP contribution in [0.4, 0.5) is 24.7 Å². The molecular weight excluding hydrogens is 367 g/mol. The van der Waals surface area contributed by atoms with E-state index in [0.717, 1.165) is 37.4 Å². The zero-order valence-electron chi connectivity index (χ0n) is 16.9. The summed E-state index contributed by atoms with van der Waals surface area (Å²) < 4.78 is 46.1. The van der Waals surface area contributed by atoms with Crippen LogP contribution in [-0.4, -0.2) is 23.1 Å². The molecule has 1 atom stereocenters. The monoisotopic (exact) mass is 395 g/mol. The molecule has 2 aromatic rings. The highest BCUT2D eigenvalue weighted by Crippen LogP contribution is 2.38. The van der Waals surface area contributed by atoms with E-state index in [9.17, 15) is 13.2 Å². The van der Waals surface area contributed by atoms with E-state index in [0.29, 0.717) is 12.1 Å². The van der Waals surface area contributed by atoms with Gasteiger partial charge in [-0.15, -0.1) is 0 Å². The minimum Gasteiger partial charge on any atom is -0.460 e. The third-order valence-corrected chi connectivity index (χ3v) is 4.62. The topological polar surface area (TPSA) is 38.2 Å². The van der Waals surface area contributed by atoms with Gasteiger partial charge in [0.2, 0.25) is 0 Å². The summed E-state index contributed by atoms with van der Waals surface area (Å²) in [6.07, 6.45) is 0.950. The Bertz CT molecular complexity index is 765. The van der Waals surface area contributed by atoms with Gasteiger partial charge in [0.05, 0.1) is 6.10 Å². The fourth-order valence-corrected chi connectivity index (χ4v) is 2.75. The highest BCUT2D eigenvalue weighted by Gasteiger charge is 2.37. The van der Waals surface area contributed by atoms with Gasteiger partial charge in [-0.1, -0.05) is 38.8 Å². The van der Waals surface area contributed by atoms with Crippen molar-refractivity contribution in [3.63, 3.8) is 0 Å². The molecule has 28 heavy (non-hydrogen) atoms. The fraction of sp³-hybridized carbons (Fsp3) is 0.524. The molecule has 0 aliphatic heterocycles. The second-order valence-electron chi connectivity index (χ2n) is 6.91. The van der Waals surface area contributed by atoms with Crippen LogP contribution in [0.15, 0.2) is 30.5 Å². The lowest BCUT2D eigenvalue weighted by Crippen LogP contribution is -2.20. The summed E-state index contributed by atoms with van der Waals surface area (Å²) in [5, 5.41) is 0. The lowest BCUT2D eigenvalue weighted by atomic mass is 10.1. The molecule has 0 fully saturated rings. The summed E-state index contributed by atoms with van der Waals surface area (Å²) in [7, 11) is 1.58. The maximum Gasteiger partial charge on any atom is 0.421 e. The maximum absolute atomic E-state index is 13.5. The Labute approximate surface area is 164 Å². The molecule has 0 saturated carbocycles. The van der Waals surface area contributed by atoms with Crippen LogP contribution in [-0.2, 0) is 12.6 Å². The molecule has 7 heteroatoms. The lowest BCUT2D eigenvalue weighted by Gasteiger charge is -2.23. The summed E-state index contributed by atoms with van der Waals surface area (Å²) in [5.41, 5.74) is 0.854. The van der Waals surface area contributed by atoms with Gasteiger partial charge in [0.25, 0.3) is 0 Å². The predicted molar refractivity (Wildman–Crippen MR) is 105 cm³/mol. The van der Waals surface area contributed by atoms with Crippen LogP contribution in [0.5, 0.6) is 6.01 Å². The van der Waals surface area contributed by atoms with E-state index in [1.165, 1.54) is 4.90 Å². The van der Waals surface area contributed by atoms with Gasteiger partial charge in [0, 0.05) is 18.9 Å². The average molecular weight is 395 g/mol. The van der Waals surface area contributed by atoms with Crippen molar-refractivity contribution >= 4 is 11.5 Å². The third-order valence-electron chi connectivity index (χ3n) is 4.62. The van der Waals surface area contributed by atoms with Gasteiger partial charge in [-0.05, 0) is 43.9 Å². The van der Waals surface area contributed by atoms with Gasteiger partial charge in [-0.2, -0.15) is 18.2 Å². The molecule has 1 aromatic heterocycles. The normalized spacial score (nSPS) is 12.7. The minimum atomic E-state index is -4.56. The Morgan fingerprint density at radius 3 is 2.57 bits per heavy atom. The first-order valence-corrected chi connectivity index (χ1v) is 9.69. The average Bonchev–Trinajstić information content (AvgIpc) is 2.67. The number of anilines is 2. The van der Waals surface area contributed by atoms with Crippen LogP contribution in [0.1, 0.15) is 57.6 Å². The molecule has 1 heterocycles. The van der Waals surface area contributed by atoms with Crippen molar-refractivity contribution in [2.24, 2.45) is 0 Å². The smallest absolute Gasteiger partial charge is 0.421 e. The molecular formula is C21H28F3N3O. The van der Waals surface area contributed by atoms with Gasteiger partial charge in [-0.25, -0.2) is 4.98 Å². The Balaban J connectivity index is 2.37. The number of ether oxygens (including phenoxy) is 1. The van der Waals surface area contributed by atoms with Crippen LogP contribution in [0.25, 0.3) is 0 Å². The van der Waals surface area contributed by atoms with E-state index in [-0.39, 0.29) is 17.9 Å². The van der Waals surface area contributed by atoms with Crippen molar-refractivity contribution < 1.29 is 17.9 Å². The second kappa shape index (κ2) is 9.75. The molecule has 0 bridgehead atoms. The van der Waals surface area contributed by atoms with E-state index in [4.69, 9.17) is 4.74 Å². The number of unbranched alkanes of at least 4 members (excludes halogenated alkanes) is 2. The largest absolute Gasteiger partial charge is 0.460 e. The zero-order chi connectivity index (χ0) is 20.7. The van der Waals surface area contributed by atoms with E-state index in [1.807, 2.05) is 32.0 Å². The zero-order valence-corrected chi connectivity index (χ0v) is 16.9. The molecule has 0 aliphatic carbocycles. The molecule has 2 rings (SSSR count). The van der Waals surface area contributed by atoms with Gasteiger partial charge in [0.1, 0.15) is 5.56 Å². The van der Waals surface area contributed by atoms with Gasteiger partial charge in [0.15, 0.2) is 5.82 Å². The summed E-state index contributed by atoms with van der Waals surface area (Å²) in [5.74, 6) is -0.216. The maximum atomic E-state index is 13.5. The van der Waals surface area contributed by atoms with Crippen LogP contribution >= 0.6 is 0 Å². The number of halogens is 3. The van der Waals surface area contributed by atoms with Crippen LogP contribution in [0.3, 0.4) is 0 Å². The Hall–Kier alpha value is -2.31. The summed E-state index contributed by atoms with van der Waals surface area (Å²) in [6.45, 7) is 5.88. The number of hydrogen-bond acceptors (Lipinski definition) is 4. The first-order chi connectivity index (χ1) is 13.3. The van der Waals surface area contributed by atoms with Crippen molar-refractivity contribution in [3.05, 3.63) is 41.6 Å². The van der Waals surface area contributed by atoms with E-state index in [1.54, 1.807) is 13.1 Å². The lowest BCUT2D eigenvalue weighted by molar-refractivity contribution is -0.137. The number of alkyl halides is 3. The highest BCUT2D eigenvalue weighted by atomic mass is 19.4. The molecule has 0 amide bonds. The van der Waals surface area contributed by atoms with E-state index >= 15 is 0 Å². The summed E-state index contributed by atoms with van der Waals surface area (Å²) >= 11 is 0. The van der Waals surface area contributed by atoms with Crippen LogP contribution < -0.4 is 9.64 Å². The van der Waals surface area contributed by atoms with Crippen molar-refractivity contribution in [1.82, 2.24) is 9.97 Å². The molecule has 0 spiro atoms. The fourth-order valence-electron chi connectivity index (χ4n) is 2.75. The summed E-state index contributed by atoms with van der Waals surface area (Å²) in [4.78, 5) is 9.28. The standard InChI is InChI=1S/C21H28F3N3O/c1-5-7-8-10-16-11-9-12-17(13-16)27(4)19-18(21(22,23)24)14-25-20(26-19)28-15(3)6-2/h9,11-15H,5-8,10H2,1-4H3. The van der Waals surface area contributed by atoms with Crippen LogP contribution in [0.2, 0.25) is 0 Å². The van der Waals surface area contributed by atoms with Gasteiger partial charge in [-0.3, -0.25) is 0 Å². The van der Waals surface area contributed by atoms with Crippen LogP contribution in [0, 0.1) is 0 Å². The second-order valence-corrected chi connectivity index (χ2v) is 6.91. The molecule has 154 valence electrons. The molecule has 0 aliphatic rings. The SMILES string of the molecule is CCCCCc1cccc(N(C)c2nc(OC(C)CC)ncc2C(F)(F)F)c1.